The zero-order valence-corrected chi connectivity index (χ0v) is 24.6. The number of fused-ring (bicyclic) bond motifs is 5. The fraction of sp³-hybridized carbons (Fsp3) is 0.0789. The highest BCUT2D eigenvalue weighted by atomic mass is 32.1. The number of hydrogen-bond acceptors (Lipinski definition) is 6. The number of thiazole rings is 1. The van der Waals surface area contributed by atoms with Gasteiger partial charge in [0.2, 0.25) is 0 Å². The minimum Gasteiger partial charge on any atom is -0.288 e. The van der Waals surface area contributed by atoms with Gasteiger partial charge in [0, 0.05) is 44.3 Å². The second-order valence-electron chi connectivity index (χ2n) is 11.8. The number of benzene rings is 4. The average molecular weight is 590 g/mol. The Balaban J connectivity index is 1.11. The highest BCUT2D eigenvalue weighted by Crippen LogP contribution is 2.50. The van der Waals surface area contributed by atoms with Crippen LogP contribution in [0.3, 0.4) is 0 Å². The lowest BCUT2D eigenvalue weighted by Gasteiger charge is -2.22. The van der Waals surface area contributed by atoms with Crippen LogP contribution in [0.2, 0.25) is 0 Å². The van der Waals surface area contributed by atoms with Crippen LogP contribution in [-0.4, -0.2) is 28.1 Å². The first kappa shape index (κ1) is 26.3. The van der Waals surface area contributed by atoms with Crippen LogP contribution in [0.1, 0.15) is 76.8 Å². The number of carbonyl (C=O) groups excluding carboxylic acids is 4. The predicted octanol–water partition coefficient (Wildman–Crippen LogP) is 8.04. The van der Waals surface area contributed by atoms with Crippen LogP contribution in [0.5, 0.6) is 0 Å². The van der Waals surface area contributed by atoms with Crippen molar-refractivity contribution in [2.45, 2.75) is 19.3 Å². The van der Waals surface area contributed by atoms with Gasteiger partial charge in [0.05, 0.1) is 11.1 Å². The summed E-state index contributed by atoms with van der Waals surface area (Å²) in [5.74, 6) is -0.969. The zero-order valence-electron chi connectivity index (χ0n) is 23.8. The van der Waals surface area contributed by atoms with Crippen molar-refractivity contribution in [2.75, 3.05) is 0 Å². The molecule has 0 aliphatic heterocycles. The lowest BCUT2D eigenvalue weighted by atomic mass is 9.81. The number of ketones is 4. The molecule has 5 nitrogen and oxygen atoms in total. The molecule has 0 amide bonds. The molecule has 0 radical (unpaired) electrons. The van der Waals surface area contributed by atoms with Gasteiger partial charge in [-0.3, -0.25) is 19.2 Å². The normalized spacial score (nSPS) is 15.8. The maximum absolute atomic E-state index is 13.0. The lowest BCUT2D eigenvalue weighted by Crippen LogP contribution is -2.15. The molecule has 0 saturated carbocycles. The minimum atomic E-state index is -0.335. The molecule has 0 atom stereocenters. The van der Waals surface area contributed by atoms with Crippen LogP contribution < -0.4 is 0 Å². The molecule has 0 fully saturated rings. The second kappa shape index (κ2) is 9.33. The number of hydrogen-bond donors (Lipinski definition) is 0. The maximum atomic E-state index is 13.0. The standard InChI is InChI=1S/C38H23NO4S/c1-38(2)31-16-20(15-29-33(40)25-7-3-4-8-26(25)34(29)41)11-13-23(31)24-14-12-21(17-32(24)38)37-39-19-22(44-37)18-30-35(42)27-9-5-6-10-28(27)36(30)43/h3-19H,1-2H3. The summed E-state index contributed by atoms with van der Waals surface area (Å²) in [4.78, 5) is 57.0. The van der Waals surface area contributed by atoms with Crippen molar-refractivity contribution in [3.8, 4) is 21.7 Å². The Morgan fingerprint density at radius 2 is 1.09 bits per heavy atom. The van der Waals surface area contributed by atoms with E-state index in [1.807, 2.05) is 12.1 Å². The van der Waals surface area contributed by atoms with Gasteiger partial charge in [-0.2, -0.15) is 0 Å². The number of carbonyl (C=O) groups is 4. The average Bonchev–Trinajstić information content (AvgIpc) is 3.73. The van der Waals surface area contributed by atoms with Gasteiger partial charge < -0.3 is 0 Å². The highest BCUT2D eigenvalue weighted by Gasteiger charge is 2.37. The van der Waals surface area contributed by atoms with E-state index in [0.717, 1.165) is 43.3 Å². The molecule has 210 valence electrons. The van der Waals surface area contributed by atoms with Gasteiger partial charge in [-0.25, -0.2) is 4.98 Å². The molecule has 3 aliphatic carbocycles. The van der Waals surface area contributed by atoms with E-state index >= 15 is 0 Å². The van der Waals surface area contributed by atoms with Gasteiger partial charge in [-0.15, -0.1) is 11.3 Å². The molecule has 5 aromatic rings. The van der Waals surface area contributed by atoms with Gasteiger partial charge >= 0.3 is 0 Å². The first-order chi connectivity index (χ1) is 21.2. The van der Waals surface area contributed by atoms with Gasteiger partial charge in [0.15, 0.2) is 23.1 Å². The molecule has 0 spiro atoms. The summed E-state index contributed by atoms with van der Waals surface area (Å²) in [6.45, 7) is 4.35. The van der Waals surface area contributed by atoms with Crippen molar-refractivity contribution in [1.82, 2.24) is 4.98 Å². The molecule has 6 heteroatoms. The summed E-state index contributed by atoms with van der Waals surface area (Å²) in [6.07, 6.45) is 5.06. The van der Waals surface area contributed by atoms with E-state index in [9.17, 15) is 19.2 Å². The summed E-state index contributed by atoms with van der Waals surface area (Å²) >= 11 is 1.44. The number of nitrogens with zero attached hydrogens (tertiary/aromatic N) is 1. The number of aromatic nitrogens is 1. The maximum Gasteiger partial charge on any atom is 0.197 e. The fourth-order valence-corrected chi connectivity index (χ4v) is 7.44. The quantitative estimate of drug-likeness (QED) is 0.157. The molecule has 1 aromatic heterocycles. The van der Waals surface area contributed by atoms with E-state index in [1.54, 1.807) is 66.9 Å². The molecule has 0 unspecified atom stereocenters. The molecule has 3 aliphatic rings. The van der Waals surface area contributed by atoms with E-state index in [1.165, 1.54) is 11.3 Å². The van der Waals surface area contributed by atoms with Crippen molar-refractivity contribution in [2.24, 2.45) is 0 Å². The zero-order chi connectivity index (χ0) is 30.3. The minimum absolute atomic E-state index is 0.169. The van der Waals surface area contributed by atoms with Crippen molar-refractivity contribution < 1.29 is 19.2 Å². The van der Waals surface area contributed by atoms with Gasteiger partial charge in [0.25, 0.3) is 0 Å². The molecule has 0 N–H and O–H groups in total. The van der Waals surface area contributed by atoms with Gasteiger partial charge in [0.1, 0.15) is 5.01 Å². The van der Waals surface area contributed by atoms with E-state index in [4.69, 9.17) is 0 Å². The molecule has 44 heavy (non-hydrogen) atoms. The monoisotopic (exact) mass is 589 g/mol. The Morgan fingerprint density at radius 1 is 0.591 bits per heavy atom. The molecular formula is C38H23NO4S. The summed E-state index contributed by atoms with van der Waals surface area (Å²) in [7, 11) is 0. The van der Waals surface area contributed by atoms with Crippen molar-refractivity contribution in [1.29, 1.82) is 0 Å². The molecule has 8 rings (SSSR count). The van der Waals surface area contributed by atoms with E-state index in [-0.39, 0.29) is 39.7 Å². The summed E-state index contributed by atoms with van der Waals surface area (Å²) in [5, 5.41) is 0.796. The smallest absolute Gasteiger partial charge is 0.197 e. The Bertz CT molecular complexity index is 2150. The number of Topliss-reactive ketones (excluding diaryl/α,β-unsaturated/α-hetero) is 4. The molecule has 1 heterocycles. The largest absolute Gasteiger partial charge is 0.288 e. The van der Waals surface area contributed by atoms with Crippen LogP contribution >= 0.6 is 11.3 Å². The fourth-order valence-electron chi connectivity index (χ4n) is 6.58. The summed E-state index contributed by atoms with van der Waals surface area (Å²) in [5.41, 5.74) is 8.12. The first-order valence-corrected chi connectivity index (χ1v) is 15.1. The van der Waals surface area contributed by atoms with Crippen molar-refractivity contribution in [3.05, 3.63) is 146 Å². The summed E-state index contributed by atoms with van der Waals surface area (Å²) in [6, 6.07) is 26.3. The molecule has 0 saturated heterocycles. The Kier molecular flexibility index (Phi) is 5.58. The summed E-state index contributed by atoms with van der Waals surface area (Å²) < 4.78 is 0. The Morgan fingerprint density at radius 3 is 1.66 bits per heavy atom. The second-order valence-corrected chi connectivity index (χ2v) is 12.8. The molecule has 4 aromatic carbocycles. The third kappa shape index (κ3) is 3.74. The number of allylic oxidation sites excluding steroid dienone is 2. The lowest BCUT2D eigenvalue weighted by molar-refractivity contribution is 0.0975. The Hall–Kier alpha value is -5.33. The number of rotatable bonds is 3. The molecule has 0 bridgehead atoms. The van der Waals surface area contributed by atoms with E-state index in [0.29, 0.717) is 22.3 Å². The van der Waals surface area contributed by atoms with Crippen LogP contribution in [0.25, 0.3) is 33.9 Å². The van der Waals surface area contributed by atoms with Crippen LogP contribution in [0.4, 0.5) is 0 Å². The van der Waals surface area contributed by atoms with Crippen LogP contribution in [0, 0.1) is 0 Å². The van der Waals surface area contributed by atoms with Crippen molar-refractivity contribution in [3.63, 3.8) is 0 Å². The van der Waals surface area contributed by atoms with Crippen LogP contribution in [-0.2, 0) is 5.41 Å². The van der Waals surface area contributed by atoms with Gasteiger partial charge in [-0.05, 0) is 46.0 Å². The third-order valence-corrected chi connectivity index (χ3v) is 9.87. The van der Waals surface area contributed by atoms with E-state index in [2.05, 4.69) is 43.1 Å². The molecular weight excluding hydrogens is 566 g/mol. The SMILES string of the molecule is CC1(C)c2cc(C=C3C(=O)c4ccccc4C3=O)ccc2-c2ccc(-c3ncc(C=C4C(=O)c5ccccc5C4=O)s3)cc21. The van der Waals surface area contributed by atoms with Gasteiger partial charge in [-0.1, -0.05) is 92.7 Å². The predicted molar refractivity (Wildman–Crippen MR) is 171 cm³/mol. The van der Waals surface area contributed by atoms with Crippen molar-refractivity contribution >= 4 is 46.6 Å². The Labute approximate surface area is 257 Å². The van der Waals surface area contributed by atoms with E-state index < -0.39 is 0 Å². The third-order valence-electron chi connectivity index (χ3n) is 8.88. The topological polar surface area (TPSA) is 81.2 Å². The van der Waals surface area contributed by atoms with Crippen LogP contribution in [0.15, 0.2) is 102 Å². The highest BCUT2D eigenvalue weighted by molar-refractivity contribution is 7.15. The first-order valence-electron chi connectivity index (χ1n) is 14.3.